The Labute approximate surface area is 158 Å². The highest BCUT2D eigenvalue weighted by atomic mass is 19.1. The lowest BCUT2D eigenvalue weighted by molar-refractivity contribution is 0.128. The maximum absolute atomic E-state index is 13.0. The fraction of sp³-hybridized carbons (Fsp3) is 0.350. The van der Waals surface area contributed by atoms with Crippen molar-refractivity contribution in [1.82, 2.24) is 15.1 Å². The molecule has 1 aromatic heterocycles. The van der Waals surface area contributed by atoms with Gasteiger partial charge in [-0.05, 0) is 47.7 Å². The second-order valence-corrected chi connectivity index (χ2v) is 6.53. The number of benzene rings is 1. The summed E-state index contributed by atoms with van der Waals surface area (Å²) in [5, 5.41) is 11.8. The number of nitrogens with zero attached hydrogens (tertiary/aromatic N) is 3. The van der Waals surface area contributed by atoms with Gasteiger partial charge in [0.1, 0.15) is 11.6 Å². The Bertz CT molecular complexity index is 806. The first-order valence-electron chi connectivity index (χ1n) is 8.92. The normalized spacial score (nSPS) is 15.1. The zero-order valence-electron chi connectivity index (χ0n) is 15.5. The van der Waals surface area contributed by atoms with Gasteiger partial charge in [-0.3, -0.25) is 0 Å². The van der Waals surface area contributed by atoms with Gasteiger partial charge in [-0.25, -0.2) is 9.18 Å². The molecule has 1 aliphatic heterocycles. The van der Waals surface area contributed by atoms with Crippen LogP contribution < -0.4 is 5.32 Å². The standard InChI is InChI=1S/C20H23FN4O2/c1-14(15-3-5-17(21)6-4-15)13-22-19-8-7-18(23-24-19)16-9-11-25(12-10-16)20(26)27-2/h3-9,14H,10-13H2,1-2H3,(H,22,24). The molecule has 1 amide bonds. The third-order valence-corrected chi connectivity index (χ3v) is 4.66. The fourth-order valence-corrected chi connectivity index (χ4v) is 2.96. The van der Waals surface area contributed by atoms with Gasteiger partial charge in [0.2, 0.25) is 0 Å². The summed E-state index contributed by atoms with van der Waals surface area (Å²) in [6.07, 6.45) is 2.39. The number of carbonyl (C=O) groups excluding carboxylic acids is 1. The predicted molar refractivity (Wildman–Crippen MR) is 102 cm³/mol. The van der Waals surface area contributed by atoms with Gasteiger partial charge in [0.05, 0.1) is 12.8 Å². The maximum Gasteiger partial charge on any atom is 0.409 e. The first-order chi connectivity index (χ1) is 13.1. The van der Waals surface area contributed by atoms with Crippen LogP contribution in [0.4, 0.5) is 15.0 Å². The molecule has 2 aromatic rings. The Morgan fingerprint density at radius 1 is 1.26 bits per heavy atom. The largest absolute Gasteiger partial charge is 0.453 e. The number of aromatic nitrogens is 2. The topological polar surface area (TPSA) is 67.3 Å². The molecule has 142 valence electrons. The van der Waals surface area contributed by atoms with Crippen molar-refractivity contribution in [1.29, 1.82) is 0 Å². The molecular formula is C20H23FN4O2. The lowest BCUT2D eigenvalue weighted by Crippen LogP contribution is -2.34. The number of anilines is 1. The third-order valence-electron chi connectivity index (χ3n) is 4.66. The van der Waals surface area contributed by atoms with E-state index in [2.05, 4.69) is 22.4 Å². The number of carbonyl (C=O) groups is 1. The van der Waals surface area contributed by atoms with E-state index < -0.39 is 0 Å². The average Bonchev–Trinajstić information content (AvgIpc) is 2.72. The Balaban J connectivity index is 1.55. The quantitative estimate of drug-likeness (QED) is 0.869. The second kappa shape index (κ2) is 8.62. The molecule has 0 fully saturated rings. The van der Waals surface area contributed by atoms with Crippen LogP contribution in [-0.4, -0.2) is 47.9 Å². The second-order valence-electron chi connectivity index (χ2n) is 6.53. The van der Waals surface area contributed by atoms with Crippen LogP contribution in [0.3, 0.4) is 0 Å². The number of ether oxygens (including phenoxy) is 1. The number of amides is 1. The molecule has 1 N–H and O–H groups in total. The zero-order valence-corrected chi connectivity index (χ0v) is 15.5. The van der Waals surface area contributed by atoms with E-state index in [9.17, 15) is 9.18 Å². The zero-order chi connectivity index (χ0) is 19.2. The first-order valence-corrected chi connectivity index (χ1v) is 8.92. The molecule has 1 aliphatic rings. The van der Waals surface area contributed by atoms with Gasteiger partial charge in [-0.15, -0.1) is 10.2 Å². The van der Waals surface area contributed by atoms with Crippen molar-refractivity contribution >= 4 is 17.5 Å². The van der Waals surface area contributed by atoms with E-state index in [4.69, 9.17) is 4.74 Å². The summed E-state index contributed by atoms with van der Waals surface area (Å²) >= 11 is 0. The Morgan fingerprint density at radius 2 is 2.04 bits per heavy atom. The minimum absolute atomic E-state index is 0.220. The van der Waals surface area contributed by atoms with Gasteiger partial charge in [-0.2, -0.15) is 0 Å². The van der Waals surface area contributed by atoms with Crippen molar-refractivity contribution in [3.05, 3.63) is 59.5 Å². The van der Waals surface area contributed by atoms with Crippen LogP contribution in [0, 0.1) is 5.82 Å². The van der Waals surface area contributed by atoms with Crippen molar-refractivity contribution in [2.45, 2.75) is 19.3 Å². The summed E-state index contributed by atoms with van der Waals surface area (Å²) in [5.74, 6) is 0.685. The summed E-state index contributed by atoms with van der Waals surface area (Å²) in [5.41, 5.74) is 2.96. The minimum Gasteiger partial charge on any atom is -0.453 e. The fourth-order valence-electron chi connectivity index (χ4n) is 2.96. The third kappa shape index (κ3) is 4.81. The minimum atomic E-state index is -0.314. The molecule has 0 saturated carbocycles. The molecule has 0 radical (unpaired) electrons. The lowest BCUT2D eigenvalue weighted by atomic mass is 10.0. The van der Waals surface area contributed by atoms with Crippen LogP contribution >= 0.6 is 0 Å². The summed E-state index contributed by atoms with van der Waals surface area (Å²) in [6, 6.07) is 10.4. The van der Waals surface area contributed by atoms with E-state index in [1.54, 1.807) is 17.0 Å². The molecule has 7 heteroatoms. The van der Waals surface area contributed by atoms with E-state index >= 15 is 0 Å². The first kappa shape index (κ1) is 18.8. The van der Waals surface area contributed by atoms with Crippen LogP contribution in [0.2, 0.25) is 0 Å². The van der Waals surface area contributed by atoms with E-state index in [1.165, 1.54) is 19.2 Å². The molecule has 2 heterocycles. The highest BCUT2D eigenvalue weighted by Crippen LogP contribution is 2.21. The van der Waals surface area contributed by atoms with Gasteiger partial charge < -0.3 is 15.0 Å². The van der Waals surface area contributed by atoms with Crippen LogP contribution in [0.15, 0.2) is 42.5 Å². The lowest BCUT2D eigenvalue weighted by Gasteiger charge is -2.24. The summed E-state index contributed by atoms with van der Waals surface area (Å²) in [6.45, 7) is 3.87. The molecule has 0 aliphatic carbocycles. The van der Waals surface area contributed by atoms with E-state index in [-0.39, 0.29) is 17.8 Å². The van der Waals surface area contributed by atoms with Crippen molar-refractivity contribution < 1.29 is 13.9 Å². The van der Waals surface area contributed by atoms with Crippen molar-refractivity contribution in [3.63, 3.8) is 0 Å². The number of rotatable bonds is 5. The predicted octanol–water partition coefficient (Wildman–Crippen LogP) is 3.69. The number of nitrogens with one attached hydrogen (secondary N) is 1. The van der Waals surface area contributed by atoms with Crippen LogP contribution in [0.5, 0.6) is 0 Å². The Hall–Kier alpha value is -2.96. The molecule has 27 heavy (non-hydrogen) atoms. The van der Waals surface area contributed by atoms with Crippen molar-refractivity contribution in [2.24, 2.45) is 0 Å². The average molecular weight is 370 g/mol. The highest BCUT2D eigenvalue weighted by molar-refractivity contribution is 5.71. The Morgan fingerprint density at radius 3 is 2.63 bits per heavy atom. The van der Waals surface area contributed by atoms with Gasteiger partial charge in [0.15, 0.2) is 0 Å². The van der Waals surface area contributed by atoms with Gasteiger partial charge >= 0.3 is 6.09 Å². The van der Waals surface area contributed by atoms with Gasteiger partial charge in [0.25, 0.3) is 0 Å². The van der Waals surface area contributed by atoms with E-state index in [0.717, 1.165) is 23.3 Å². The van der Waals surface area contributed by atoms with Gasteiger partial charge in [-0.1, -0.05) is 25.1 Å². The van der Waals surface area contributed by atoms with Gasteiger partial charge in [0, 0.05) is 19.6 Å². The molecule has 0 bridgehead atoms. The molecule has 1 aromatic carbocycles. The molecule has 6 nitrogen and oxygen atoms in total. The molecule has 3 rings (SSSR count). The number of hydrogen-bond acceptors (Lipinski definition) is 5. The Kier molecular flexibility index (Phi) is 6.01. The molecular weight excluding hydrogens is 347 g/mol. The highest BCUT2D eigenvalue weighted by Gasteiger charge is 2.18. The number of methoxy groups -OCH3 is 1. The number of hydrogen-bond donors (Lipinski definition) is 1. The van der Waals surface area contributed by atoms with E-state index in [1.807, 2.05) is 18.2 Å². The monoisotopic (exact) mass is 370 g/mol. The van der Waals surface area contributed by atoms with Crippen molar-refractivity contribution in [2.75, 3.05) is 32.1 Å². The number of halogens is 1. The van der Waals surface area contributed by atoms with E-state index in [0.29, 0.717) is 25.5 Å². The van der Waals surface area contributed by atoms with Crippen LogP contribution in [0.1, 0.15) is 30.5 Å². The smallest absolute Gasteiger partial charge is 0.409 e. The molecule has 1 unspecified atom stereocenters. The molecule has 0 spiro atoms. The van der Waals surface area contributed by atoms with Crippen molar-refractivity contribution in [3.8, 4) is 0 Å². The molecule has 1 atom stereocenters. The molecule has 0 saturated heterocycles. The van der Waals surface area contributed by atoms with Crippen LogP contribution in [0.25, 0.3) is 5.57 Å². The summed E-state index contributed by atoms with van der Waals surface area (Å²) in [7, 11) is 1.38. The maximum atomic E-state index is 13.0. The summed E-state index contributed by atoms with van der Waals surface area (Å²) in [4.78, 5) is 13.2. The SMILES string of the molecule is COC(=O)N1CC=C(c2ccc(NCC(C)c3ccc(F)cc3)nn2)CC1. The summed E-state index contributed by atoms with van der Waals surface area (Å²) < 4.78 is 17.7. The van der Waals surface area contributed by atoms with Crippen LogP contribution in [-0.2, 0) is 4.74 Å².